The molecule has 3 N–H and O–H groups in total. The van der Waals surface area contributed by atoms with Crippen LogP contribution in [0.3, 0.4) is 0 Å². The number of nitrogens with zero attached hydrogens (tertiary/aromatic N) is 1. The normalized spacial score (nSPS) is 25.1. The Labute approximate surface area is 91.4 Å². The topological polar surface area (TPSA) is 66.6 Å². The van der Waals surface area contributed by atoms with E-state index in [0.29, 0.717) is 12.6 Å². The Morgan fingerprint density at radius 1 is 1.60 bits per heavy atom. The predicted molar refractivity (Wildman–Crippen MR) is 59.7 cm³/mol. The van der Waals surface area contributed by atoms with Crippen LogP contribution >= 0.6 is 0 Å². The van der Waals surface area contributed by atoms with Crippen LogP contribution in [0.15, 0.2) is 0 Å². The van der Waals surface area contributed by atoms with Crippen LogP contribution in [0.25, 0.3) is 0 Å². The van der Waals surface area contributed by atoms with E-state index < -0.39 is 12.0 Å². The number of aliphatic carboxylic acids is 1. The maximum Gasteiger partial charge on any atom is 0.321 e. The van der Waals surface area contributed by atoms with Crippen molar-refractivity contribution in [3.63, 3.8) is 0 Å². The number of nitrogens with two attached hydrogens (primary N) is 1. The Morgan fingerprint density at radius 2 is 2.33 bits per heavy atom. The Kier molecular flexibility index (Phi) is 5.05. The zero-order valence-electron chi connectivity index (χ0n) is 9.48. The van der Waals surface area contributed by atoms with Gasteiger partial charge in [-0.3, -0.25) is 9.69 Å². The molecule has 1 aliphatic rings. The van der Waals surface area contributed by atoms with Crippen molar-refractivity contribution >= 4 is 5.97 Å². The molecule has 1 fully saturated rings. The summed E-state index contributed by atoms with van der Waals surface area (Å²) in [5, 5.41) is 8.78. The number of piperidine rings is 1. The first-order valence-electron chi connectivity index (χ1n) is 5.87. The van der Waals surface area contributed by atoms with Crippen LogP contribution in [0, 0.1) is 0 Å². The van der Waals surface area contributed by atoms with Gasteiger partial charge >= 0.3 is 5.97 Å². The highest BCUT2D eigenvalue weighted by molar-refractivity contribution is 5.73. The highest BCUT2D eigenvalue weighted by Gasteiger charge is 2.25. The van der Waals surface area contributed by atoms with Crippen molar-refractivity contribution in [2.24, 2.45) is 5.73 Å². The monoisotopic (exact) mass is 214 g/mol. The third kappa shape index (κ3) is 3.80. The van der Waals surface area contributed by atoms with Crippen LogP contribution in [-0.2, 0) is 4.79 Å². The molecule has 0 aromatic carbocycles. The van der Waals surface area contributed by atoms with E-state index in [1.807, 2.05) is 0 Å². The van der Waals surface area contributed by atoms with E-state index in [-0.39, 0.29) is 0 Å². The van der Waals surface area contributed by atoms with Gasteiger partial charge in [0.25, 0.3) is 0 Å². The minimum atomic E-state index is -0.893. The Morgan fingerprint density at radius 3 is 2.93 bits per heavy atom. The standard InChI is InChI=1S/C11H22N2O2/c1-2-5-9-6-3-4-7-13(9)8-10(12)11(14)15/h9-10H,2-8,12H2,1H3,(H,14,15). The molecule has 0 bridgehead atoms. The summed E-state index contributed by atoms with van der Waals surface area (Å²) in [6, 6.07) is -0.184. The maximum absolute atomic E-state index is 10.7. The number of carbonyl (C=O) groups is 1. The summed E-state index contributed by atoms with van der Waals surface area (Å²) in [5.74, 6) is -0.893. The fraction of sp³-hybridized carbons (Fsp3) is 0.909. The van der Waals surface area contributed by atoms with Crippen molar-refractivity contribution in [3.05, 3.63) is 0 Å². The van der Waals surface area contributed by atoms with E-state index in [1.165, 1.54) is 19.3 Å². The van der Waals surface area contributed by atoms with E-state index in [4.69, 9.17) is 10.8 Å². The lowest BCUT2D eigenvalue weighted by atomic mass is 9.97. The molecular formula is C11H22N2O2. The zero-order chi connectivity index (χ0) is 11.3. The maximum atomic E-state index is 10.7. The minimum Gasteiger partial charge on any atom is -0.480 e. The molecule has 15 heavy (non-hydrogen) atoms. The Hall–Kier alpha value is -0.610. The lowest BCUT2D eigenvalue weighted by molar-refractivity contribution is -0.139. The summed E-state index contributed by atoms with van der Waals surface area (Å²) in [4.78, 5) is 12.9. The number of hydrogen-bond acceptors (Lipinski definition) is 3. The number of carboxylic acids is 1. The molecule has 4 nitrogen and oxygen atoms in total. The number of hydrogen-bond donors (Lipinski definition) is 2. The van der Waals surface area contributed by atoms with Crippen molar-refractivity contribution in [3.8, 4) is 0 Å². The predicted octanol–water partition coefficient (Wildman–Crippen LogP) is 1.05. The van der Waals surface area contributed by atoms with Gasteiger partial charge in [-0.2, -0.15) is 0 Å². The molecule has 0 saturated carbocycles. The largest absolute Gasteiger partial charge is 0.480 e. The Balaban J connectivity index is 2.45. The lowest BCUT2D eigenvalue weighted by Gasteiger charge is -2.36. The first-order chi connectivity index (χ1) is 7.15. The van der Waals surface area contributed by atoms with Crippen LogP contribution < -0.4 is 5.73 Å². The molecule has 0 spiro atoms. The van der Waals surface area contributed by atoms with Crippen molar-refractivity contribution < 1.29 is 9.90 Å². The van der Waals surface area contributed by atoms with Gasteiger partial charge in [-0.05, 0) is 25.8 Å². The number of likely N-dealkylation sites (tertiary alicyclic amines) is 1. The van der Waals surface area contributed by atoms with Gasteiger partial charge in [0, 0.05) is 12.6 Å². The third-order valence-corrected chi connectivity index (χ3v) is 3.12. The van der Waals surface area contributed by atoms with E-state index in [0.717, 1.165) is 19.4 Å². The van der Waals surface area contributed by atoms with Gasteiger partial charge in [-0.25, -0.2) is 0 Å². The molecule has 0 aromatic rings. The minimum absolute atomic E-state index is 0.500. The van der Waals surface area contributed by atoms with Gasteiger partial charge < -0.3 is 10.8 Å². The van der Waals surface area contributed by atoms with Crippen molar-refractivity contribution in [2.45, 2.75) is 51.1 Å². The molecule has 4 heteroatoms. The van der Waals surface area contributed by atoms with Gasteiger partial charge in [0.15, 0.2) is 0 Å². The van der Waals surface area contributed by atoms with E-state index in [9.17, 15) is 4.79 Å². The van der Waals surface area contributed by atoms with Crippen molar-refractivity contribution in [2.75, 3.05) is 13.1 Å². The second kappa shape index (κ2) is 6.08. The second-order valence-corrected chi connectivity index (χ2v) is 4.38. The molecule has 0 radical (unpaired) electrons. The number of carboxylic acid groups (broad SMARTS) is 1. The highest BCUT2D eigenvalue weighted by Crippen LogP contribution is 2.20. The molecule has 1 rings (SSSR count). The van der Waals surface area contributed by atoms with E-state index in [2.05, 4.69) is 11.8 Å². The molecule has 1 heterocycles. The van der Waals surface area contributed by atoms with Gasteiger partial charge in [0.05, 0.1) is 0 Å². The fourth-order valence-corrected chi connectivity index (χ4v) is 2.29. The van der Waals surface area contributed by atoms with Gasteiger partial charge in [0.2, 0.25) is 0 Å². The van der Waals surface area contributed by atoms with Crippen molar-refractivity contribution in [1.82, 2.24) is 4.90 Å². The van der Waals surface area contributed by atoms with Crippen LogP contribution in [0.4, 0.5) is 0 Å². The summed E-state index contributed by atoms with van der Waals surface area (Å²) < 4.78 is 0. The summed E-state index contributed by atoms with van der Waals surface area (Å²) in [6.07, 6.45) is 5.95. The molecule has 0 amide bonds. The molecule has 2 atom stereocenters. The number of rotatable bonds is 5. The summed E-state index contributed by atoms with van der Waals surface area (Å²) in [6.45, 7) is 3.68. The summed E-state index contributed by atoms with van der Waals surface area (Å²) in [7, 11) is 0. The molecule has 2 unspecified atom stereocenters. The fourth-order valence-electron chi connectivity index (χ4n) is 2.29. The average molecular weight is 214 g/mol. The molecule has 88 valence electrons. The molecule has 0 aromatic heterocycles. The van der Waals surface area contributed by atoms with Gasteiger partial charge in [-0.15, -0.1) is 0 Å². The SMILES string of the molecule is CCCC1CCCCN1CC(N)C(=O)O. The molecular weight excluding hydrogens is 192 g/mol. The summed E-state index contributed by atoms with van der Waals surface area (Å²) >= 11 is 0. The van der Waals surface area contributed by atoms with Crippen LogP contribution in [-0.4, -0.2) is 41.1 Å². The van der Waals surface area contributed by atoms with Gasteiger partial charge in [0.1, 0.15) is 6.04 Å². The Bertz CT molecular complexity index is 207. The molecule has 1 saturated heterocycles. The smallest absolute Gasteiger partial charge is 0.321 e. The zero-order valence-corrected chi connectivity index (χ0v) is 9.48. The molecule has 0 aliphatic carbocycles. The average Bonchev–Trinajstić information content (AvgIpc) is 2.21. The van der Waals surface area contributed by atoms with Gasteiger partial charge in [-0.1, -0.05) is 19.8 Å². The van der Waals surface area contributed by atoms with E-state index in [1.54, 1.807) is 0 Å². The first-order valence-corrected chi connectivity index (χ1v) is 5.87. The highest BCUT2D eigenvalue weighted by atomic mass is 16.4. The molecule has 1 aliphatic heterocycles. The lowest BCUT2D eigenvalue weighted by Crippen LogP contribution is -2.48. The second-order valence-electron chi connectivity index (χ2n) is 4.38. The van der Waals surface area contributed by atoms with E-state index >= 15 is 0 Å². The van der Waals surface area contributed by atoms with Crippen LogP contribution in [0.5, 0.6) is 0 Å². The third-order valence-electron chi connectivity index (χ3n) is 3.12. The van der Waals surface area contributed by atoms with Crippen LogP contribution in [0.2, 0.25) is 0 Å². The first kappa shape index (κ1) is 12.5. The van der Waals surface area contributed by atoms with Crippen molar-refractivity contribution in [1.29, 1.82) is 0 Å². The van der Waals surface area contributed by atoms with Crippen LogP contribution in [0.1, 0.15) is 39.0 Å². The summed E-state index contributed by atoms with van der Waals surface area (Å²) in [5.41, 5.74) is 5.56. The quantitative estimate of drug-likeness (QED) is 0.718.